The average molecular weight is 235 g/mol. The first-order valence-electron chi connectivity index (χ1n) is 3.90. The van der Waals surface area contributed by atoms with E-state index in [9.17, 15) is 0 Å². The van der Waals surface area contributed by atoms with E-state index in [-0.39, 0.29) is 0 Å². The summed E-state index contributed by atoms with van der Waals surface area (Å²) in [6.07, 6.45) is 3.52. The Hall–Kier alpha value is -1.22. The Bertz CT molecular complexity index is 401. The lowest BCUT2D eigenvalue weighted by atomic mass is 10.2. The molecule has 0 amide bonds. The SMILES string of the molecule is Brc1ncccc1-c1ccccn1. The lowest BCUT2D eigenvalue weighted by Crippen LogP contribution is -1.84. The zero-order valence-corrected chi connectivity index (χ0v) is 8.40. The molecule has 0 fully saturated rings. The smallest absolute Gasteiger partial charge is 0.115 e. The first-order chi connectivity index (χ1) is 6.38. The summed E-state index contributed by atoms with van der Waals surface area (Å²) in [5.41, 5.74) is 1.95. The Morgan fingerprint density at radius 3 is 2.46 bits per heavy atom. The fourth-order valence-corrected chi connectivity index (χ4v) is 1.55. The summed E-state index contributed by atoms with van der Waals surface area (Å²) in [5.74, 6) is 0. The summed E-state index contributed by atoms with van der Waals surface area (Å²) in [6.45, 7) is 0. The van der Waals surface area contributed by atoms with Gasteiger partial charge in [0.25, 0.3) is 0 Å². The molecule has 13 heavy (non-hydrogen) atoms. The van der Waals surface area contributed by atoms with Gasteiger partial charge in [0.15, 0.2) is 0 Å². The second-order valence-corrected chi connectivity index (χ2v) is 3.31. The van der Waals surface area contributed by atoms with Crippen molar-refractivity contribution in [2.75, 3.05) is 0 Å². The average Bonchev–Trinajstić information content (AvgIpc) is 2.20. The molecule has 2 nitrogen and oxygen atoms in total. The van der Waals surface area contributed by atoms with Gasteiger partial charge in [-0.3, -0.25) is 4.98 Å². The topological polar surface area (TPSA) is 25.8 Å². The summed E-state index contributed by atoms with van der Waals surface area (Å²) < 4.78 is 0.828. The standard InChI is InChI=1S/C10H7BrN2/c11-10-8(4-3-7-13-10)9-5-1-2-6-12-9/h1-7H. The maximum Gasteiger partial charge on any atom is 0.115 e. The normalized spacial score (nSPS) is 9.92. The fraction of sp³-hybridized carbons (Fsp3) is 0. The third kappa shape index (κ3) is 1.75. The van der Waals surface area contributed by atoms with Crippen molar-refractivity contribution in [1.82, 2.24) is 9.97 Å². The van der Waals surface area contributed by atoms with Crippen LogP contribution in [0.3, 0.4) is 0 Å². The van der Waals surface area contributed by atoms with Gasteiger partial charge in [0, 0.05) is 18.0 Å². The molecule has 0 aromatic carbocycles. The lowest BCUT2D eigenvalue weighted by molar-refractivity contribution is 1.24. The third-order valence-corrected chi connectivity index (χ3v) is 2.33. The van der Waals surface area contributed by atoms with Crippen LogP contribution in [-0.2, 0) is 0 Å². The van der Waals surface area contributed by atoms with Gasteiger partial charge >= 0.3 is 0 Å². The minimum atomic E-state index is 0.828. The highest BCUT2D eigenvalue weighted by Crippen LogP contribution is 2.23. The highest BCUT2D eigenvalue weighted by molar-refractivity contribution is 9.10. The Labute approximate surface area is 84.8 Å². The quantitative estimate of drug-likeness (QED) is 0.710. The highest BCUT2D eigenvalue weighted by atomic mass is 79.9. The molecular formula is C10H7BrN2. The summed E-state index contributed by atoms with van der Waals surface area (Å²) in [5, 5.41) is 0. The lowest BCUT2D eigenvalue weighted by Gasteiger charge is -2.00. The number of nitrogens with zero attached hydrogens (tertiary/aromatic N) is 2. The number of hydrogen-bond donors (Lipinski definition) is 0. The van der Waals surface area contributed by atoms with Crippen LogP contribution in [0.1, 0.15) is 0 Å². The number of rotatable bonds is 1. The molecule has 3 heteroatoms. The van der Waals surface area contributed by atoms with Crippen molar-refractivity contribution in [3.63, 3.8) is 0 Å². The molecule has 0 aliphatic carbocycles. The summed E-state index contributed by atoms with van der Waals surface area (Å²) in [6, 6.07) is 9.70. The summed E-state index contributed by atoms with van der Waals surface area (Å²) in [4.78, 5) is 8.37. The van der Waals surface area contributed by atoms with E-state index in [4.69, 9.17) is 0 Å². The van der Waals surface area contributed by atoms with Gasteiger partial charge in [-0.1, -0.05) is 6.07 Å². The number of aromatic nitrogens is 2. The van der Waals surface area contributed by atoms with Crippen LogP contribution in [0, 0.1) is 0 Å². The van der Waals surface area contributed by atoms with Gasteiger partial charge in [-0.25, -0.2) is 4.98 Å². The van der Waals surface area contributed by atoms with Gasteiger partial charge in [-0.05, 0) is 40.2 Å². The number of halogens is 1. The maximum atomic E-state index is 4.24. The molecule has 0 N–H and O–H groups in total. The van der Waals surface area contributed by atoms with E-state index in [1.165, 1.54) is 0 Å². The summed E-state index contributed by atoms with van der Waals surface area (Å²) in [7, 11) is 0. The van der Waals surface area contributed by atoms with Crippen molar-refractivity contribution < 1.29 is 0 Å². The Morgan fingerprint density at radius 2 is 1.77 bits per heavy atom. The molecular weight excluding hydrogens is 228 g/mol. The van der Waals surface area contributed by atoms with E-state index < -0.39 is 0 Å². The first-order valence-corrected chi connectivity index (χ1v) is 4.69. The second-order valence-electron chi connectivity index (χ2n) is 2.56. The summed E-state index contributed by atoms with van der Waals surface area (Å²) >= 11 is 3.38. The van der Waals surface area contributed by atoms with Crippen LogP contribution in [-0.4, -0.2) is 9.97 Å². The van der Waals surface area contributed by atoms with E-state index >= 15 is 0 Å². The van der Waals surface area contributed by atoms with Crippen LogP contribution in [0.2, 0.25) is 0 Å². The molecule has 2 aromatic rings. The predicted octanol–water partition coefficient (Wildman–Crippen LogP) is 2.91. The molecule has 0 radical (unpaired) electrons. The van der Waals surface area contributed by atoms with Crippen molar-refractivity contribution in [3.8, 4) is 11.3 Å². The zero-order chi connectivity index (χ0) is 9.10. The monoisotopic (exact) mass is 234 g/mol. The van der Waals surface area contributed by atoms with Crippen LogP contribution < -0.4 is 0 Å². The molecule has 0 saturated carbocycles. The molecule has 0 bridgehead atoms. The van der Waals surface area contributed by atoms with Gasteiger partial charge in [0.05, 0.1) is 5.69 Å². The van der Waals surface area contributed by atoms with Crippen molar-refractivity contribution >= 4 is 15.9 Å². The first kappa shape index (κ1) is 8.38. The number of hydrogen-bond acceptors (Lipinski definition) is 2. The van der Waals surface area contributed by atoms with Gasteiger partial charge in [-0.15, -0.1) is 0 Å². The van der Waals surface area contributed by atoms with Crippen molar-refractivity contribution in [1.29, 1.82) is 0 Å². The van der Waals surface area contributed by atoms with Gasteiger partial charge in [0.2, 0.25) is 0 Å². The van der Waals surface area contributed by atoms with Crippen molar-refractivity contribution in [3.05, 3.63) is 47.3 Å². The van der Waals surface area contributed by atoms with Crippen molar-refractivity contribution in [2.45, 2.75) is 0 Å². The zero-order valence-electron chi connectivity index (χ0n) is 6.81. The largest absolute Gasteiger partial charge is 0.256 e. The second kappa shape index (κ2) is 3.66. The van der Waals surface area contributed by atoms with Crippen LogP contribution in [0.15, 0.2) is 47.3 Å². The van der Waals surface area contributed by atoms with E-state index in [1.807, 2.05) is 30.3 Å². The molecule has 0 spiro atoms. The molecule has 0 saturated heterocycles. The Balaban J connectivity index is 2.54. The van der Waals surface area contributed by atoms with Crippen LogP contribution in [0.25, 0.3) is 11.3 Å². The van der Waals surface area contributed by atoms with E-state index in [0.717, 1.165) is 15.9 Å². The van der Waals surface area contributed by atoms with E-state index in [2.05, 4.69) is 25.9 Å². The molecule has 0 aliphatic heterocycles. The molecule has 0 atom stereocenters. The van der Waals surface area contributed by atoms with Crippen LogP contribution in [0.5, 0.6) is 0 Å². The van der Waals surface area contributed by atoms with Crippen molar-refractivity contribution in [2.24, 2.45) is 0 Å². The van der Waals surface area contributed by atoms with Gasteiger partial charge in [0.1, 0.15) is 4.60 Å². The highest BCUT2D eigenvalue weighted by Gasteiger charge is 2.02. The molecule has 2 aromatic heterocycles. The molecule has 0 aliphatic rings. The van der Waals surface area contributed by atoms with Gasteiger partial charge < -0.3 is 0 Å². The van der Waals surface area contributed by atoms with Gasteiger partial charge in [-0.2, -0.15) is 0 Å². The Kier molecular flexibility index (Phi) is 2.36. The minimum absolute atomic E-state index is 0.828. The fourth-order valence-electron chi connectivity index (χ4n) is 1.10. The van der Waals surface area contributed by atoms with E-state index in [1.54, 1.807) is 12.4 Å². The molecule has 0 unspecified atom stereocenters. The van der Waals surface area contributed by atoms with Crippen LogP contribution in [0.4, 0.5) is 0 Å². The van der Waals surface area contributed by atoms with Crippen LogP contribution >= 0.6 is 15.9 Å². The predicted molar refractivity (Wildman–Crippen MR) is 55.2 cm³/mol. The molecule has 2 heterocycles. The van der Waals surface area contributed by atoms with E-state index in [0.29, 0.717) is 0 Å². The maximum absolute atomic E-state index is 4.24. The molecule has 64 valence electrons. The Morgan fingerprint density at radius 1 is 0.923 bits per heavy atom. The number of pyridine rings is 2. The molecule has 2 rings (SSSR count). The minimum Gasteiger partial charge on any atom is -0.256 e. The third-order valence-electron chi connectivity index (χ3n) is 1.70.